The van der Waals surface area contributed by atoms with Crippen LogP contribution in [-0.4, -0.2) is 61.8 Å². The summed E-state index contributed by atoms with van der Waals surface area (Å²) >= 11 is 0. The highest BCUT2D eigenvalue weighted by Gasteiger charge is 2.51. The van der Waals surface area contributed by atoms with Crippen molar-refractivity contribution >= 4 is 11.0 Å². The summed E-state index contributed by atoms with van der Waals surface area (Å²) in [7, 11) is -1.37. The zero-order valence-electron chi connectivity index (χ0n) is 18.3. The molecule has 0 aromatic carbocycles. The van der Waals surface area contributed by atoms with Crippen LogP contribution in [-0.2, 0) is 17.5 Å². The van der Waals surface area contributed by atoms with Crippen molar-refractivity contribution in [1.82, 2.24) is 19.2 Å². The van der Waals surface area contributed by atoms with Gasteiger partial charge in [0.2, 0.25) is 11.8 Å². The third-order valence-electron chi connectivity index (χ3n) is 6.40. The van der Waals surface area contributed by atoms with Gasteiger partial charge in [0.05, 0.1) is 18.8 Å². The summed E-state index contributed by atoms with van der Waals surface area (Å²) in [5.74, 6) is 1.04. The molecule has 3 aliphatic rings. The lowest BCUT2D eigenvalue weighted by Gasteiger charge is -2.22. The fourth-order valence-electron chi connectivity index (χ4n) is 4.30. The van der Waals surface area contributed by atoms with Crippen molar-refractivity contribution in [3.8, 4) is 11.8 Å². The number of ether oxygens (including phenoxy) is 2. The van der Waals surface area contributed by atoms with Crippen molar-refractivity contribution in [1.29, 1.82) is 0 Å². The van der Waals surface area contributed by atoms with E-state index in [4.69, 9.17) is 9.47 Å². The molecule has 0 radical (unpaired) electrons. The van der Waals surface area contributed by atoms with Crippen molar-refractivity contribution < 1.29 is 13.7 Å². The molecule has 1 spiro atoms. The number of fused-ring (bicyclic) bond motifs is 1. The first kappa shape index (κ1) is 20.8. The summed E-state index contributed by atoms with van der Waals surface area (Å²) in [6.07, 6.45) is 6.22. The molecule has 2 aromatic rings. The number of aromatic nitrogens is 2. The molecule has 1 unspecified atom stereocenters. The van der Waals surface area contributed by atoms with Crippen molar-refractivity contribution in [3.05, 3.63) is 41.2 Å². The smallest absolute Gasteiger partial charge is 0.235 e. The van der Waals surface area contributed by atoms with Crippen LogP contribution in [0.15, 0.2) is 29.3 Å². The van der Waals surface area contributed by atoms with Crippen LogP contribution < -0.4 is 9.47 Å². The molecule has 1 saturated carbocycles. The third-order valence-corrected chi connectivity index (χ3v) is 7.79. The molecule has 1 aliphatic carbocycles. The van der Waals surface area contributed by atoms with Gasteiger partial charge in [0.25, 0.3) is 0 Å². The van der Waals surface area contributed by atoms with Gasteiger partial charge in [-0.05, 0) is 70.3 Å². The first-order chi connectivity index (χ1) is 15.0. The summed E-state index contributed by atoms with van der Waals surface area (Å²) in [6, 6.07) is 5.89. The van der Waals surface area contributed by atoms with E-state index in [2.05, 4.69) is 14.9 Å². The minimum atomic E-state index is -1.37. The maximum Gasteiger partial charge on any atom is 0.235 e. The predicted molar refractivity (Wildman–Crippen MR) is 119 cm³/mol. The van der Waals surface area contributed by atoms with E-state index in [9.17, 15) is 4.21 Å². The Morgan fingerprint density at radius 3 is 2.77 bits per heavy atom. The van der Waals surface area contributed by atoms with E-state index >= 15 is 0 Å². The maximum absolute atomic E-state index is 13.6. The Balaban J connectivity index is 1.37. The molecule has 2 fully saturated rings. The Morgan fingerprint density at radius 2 is 2.03 bits per heavy atom. The SMILES string of the molecule is Cc1cccnc1CN1CC2(CC2)Oc2nc(OCCN3CCCC3)c(C)cc2S1=O. The van der Waals surface area contributed by atoms with Gasteiger partial charge in [-0.2, -0.15) is 4.98 Å². The number of aryl methyl sites for hydroxylation is 2. The molecule has 2 aromatic heterocycles. The second kappa shape index (κ2) is 8.48. The third kappa shape index (κ3) is 4.47. The monoisotopic (exact) mass is 442 g/mol. The quantitative estimate of drug-likeness (QED) is 0.685. The van der Waals surface area contributed by atoms with E-state index in [0.717, 1.165) is 49.3 Å². The zero-order chi connectivity index (χ0) is 21.4. The van der Waals surface area contributed by atoms with Crippen LogP contribution in [0.25, 0.3) is 0 Å². The number of likely N-dealkylation sites (tertiary alicyclic amines) is 1. The molecule has 7 nitrogen and oxygen atoms in total. The van der Waals surface area contributed by atoms with Gasteiger partial charge in [-0.1, -0.05) is 6.07 Å². The predicted octanol–water partition coefficient (Wildman–Crippen LogP) is 3.02. The molecule has 4 heterocycles. The Bertz CT molecular complexity index is 989. The van der Waals surface area contributed by atoms with Gasteiger partial charge in [-0.25, -0.2) is 8.51 Å². The van der Waals surface area contributed by atoms with E-state index < -0.39 is 11.0 Å². The van der Waals surface area contributed by atoms with Gasteiger partial charge in [-0.15, -0.1) is 0 Å². The van der Waals surface area contributed by atoms with E-state index in [1.165, 1.54) is 12.8 Å². The van der Waals surface area contributed by atoms with E-state index in [1.807, 2.05) is 36.4 Å². The summed E-state index contributed by atoms with van der Waals surface area (Å²) in [5, 5.41) is 0. The van der Waals surface area contributed by atoms with Crippen LogP contribution in [0.3, 0.4) is 0 Å². The molecule has 166 valence electrons. The Morgan fingerprint density at radius 1 is 1.23 bits per heavy atom. The zero-order valence-corrected chi connectivity index (χ0v) is 19.1. The molecule has 8 heteroatoms. The molecule has 0 bridgehead atoms. The normalized spacial score (nSPS) is 22.7. The Hall–Kier alpha value is -2.03. The summed E-state index contributed by atoms with van der Waals surface area (Å²) in [5.41, 5.74) is 2.63. The summed E-state index contributed by atoms with van der Waals surface area (Å²) in [6.45, 7) is 8.94. The highest BCUT2D eigenvalue weighted by atomic mass is 32.2. The average Bonchev–Trinajstić information content (AvgIpc) is 3.32. The lowest BCUT2D eigenvalue weighted by atomic mass is 10.2. The van der Waals surface area contributed by atoms with Gasteiger partial charge in [0.15, 0.2) is 0 Å². The molecule has 5 rings (SSSR count). The molecule has 1 atom stereocenters. The standard InChI is InChI=1S/C23H30N4O3S/c1-17-6-5-9-24-19(17)15-27-16-23(7-8-23)30-22-20(31(27)28)14-18(2)21(25-22)29-13-12-26-10-3-4-11-26/h5-6,9,14H,3-4,7-8,10-13,15-16H2,1-2H3. The topological polar surface area (TPSA) is 67.8 Å². The number of pyridine rings is 2. The van der Waals surface area contributed by atoms with Crippen LogP contribution in [0.2, 0.25) is 0 Å². The molecule has 31 heavy (non-hydrogen) atoms. The highest BCUT2D eigenvalue weighted by molar-refractivity contribution is 7.82. The summed E-state index contributed by atoms with van der Waals surface area (Å²) < 4.78 is 27.9. The van der Waals surface area contributed by atoms with Crippen molar-refractivity contribution in [2.24, 2.45) is 0 Å². The van der Waals surface area contributed by atoms with Crippen LogP contribution in [0.4, 0.5) is 0 Å². The molecule has 1 saturated heterocycles. The van der Waals surface area contributed by atoms with Crippen molar-refractivity contribution in [3.63, 3.8) is 0 Å². The second-order valence-electron chi connectivity index (χ2n) is 8.91. The Kier molecular flexibility index (Phi) is 5.71. The maximum atomic E-state index is 13.6. The van der Waals surface area contributed by atoms with Gasteiger partial charge >= 0.3 is 0 Å². The second-order valence-corrected chi connectivity index (χ2v) is 10.4. The number of rotatable bonds is 6. The molecular weight excluding hydrogens is 412 g/mol. The fraction of sp³-hybridized carbons (Fsp3) is 0.565. The highest BCUT2D eigenvalue weighted by Crippen LogP contribution is 2.46. The minimum Gasteiger partial charge on any atom is -0.476 e. The molecule has 0 N–H and O–H groups in total. The van der Waals surface area contributed by atoms with Crippen molar-refractivity contribution in [2.75, 3.05) is 32.8 Å². The largest absolute Gasteiger partial charge is 0.476 e. The van der Waals surface area contributed by atoms with E-state index in [1.54, 1.807) is 6.20 Å². The van der Waals surface area contributed by atoms with E-state index in [-0.39, 0.29) is 5.60 Å². The Labute approximate surface area is 186 Å². The lowest BCUT2D eigenvalue weighted by molar-refractivity contribution is 0.142. The van der Waals surface area contributed by atoms with Gasteiger partial charge in [-0.3, -0.25) is 9.88 Å². The number of hydrogen-bond acceptors (Lipinski definition) is 6. The van der Waals surface area contributed by atoms with Gasteiger partial charge in [0, 0.05) is 18.3 Å². The fourth-order valence-corrected chi connectivity index (χ4v) is 5.68. The minimum absolute atomic E-state index is 0.307. The average molecular weight is 443 g/mol. The van der Waals surface area contributed by atoms with Crippen LogP contribution in [0.1, 0.15) is 42.5 Å². The van der Waals surface area contributed by atoms with Crippen molar-refractivity contribution in [2.45, 2.75) is 56.6 Å². The number of nitrogens with zero attached hydrogens (tertiary/aromatic N) is 4. The first-order valence-corrected chi connectivity index (χ1v) is 12.3. The van der Waals surface area contributed by atoms with Crippen LogP contribution in [0, 0.1) is 13.8 Å². The van der Waals surface area contributed by atoms with Crippen LogP contribution >= 0.6 is 0 Å². The first-order valence-electron chi connectivity index (χ1n) is 11.2. The number of hydrogen-bond donors (Lipinski definition) is 0. The molecule has 2 aliphatic heterocycles. The molecule has 0 amide bonds. The molecular formula is C23H30N4O3S. The van der Waals surface area contributed by atoms with Gasteiger partial charge < -0.3 is 9.47 Å². The summed E-state index contributed by atoms with van der Waals surface area (Å²) in [4.78, 5) is 12.2. The lowest BCUT2D eigenvalue weighted by Crippen LogP contribution is -2.35. The van der Waals surface area contributed by atoms with Gasteiger partial charge in [0.1, 0.15) is 28.1 Å². The van der Waals surface area contributed by atoms with Crippen LogP contribution in [0.5, 0.6) is 11.8 Å². The van der Waals surface area contributed by atoms with E-state index in [0.29, 0.717) is 36.4 Å².